The standard InChI is InChI=1S/C10H14O4.C4H7NO/c1-7(2)9(11)13-5-6-14-10(12)8(3)4;6-4-2-1-3-5-4/h1,3,5-6H2,2,4H3;1-3H2,(H,5,6). The first-order chi connectivity index (χ1) is 9.34. The molecule has 0 saturated carbocycles. The third-order valence-electron chi connectivity index (χ3n) is 2.15. The fraction of sp³-hybridized carbons (Fsp3) is 0.500. The number of nitrogens with one attached hydrogen (secondary N) is 1. The van der Waals surface area contributed by atoms with E-state index < -0.39 is 11.9 Å². The molecule has 0 aromatic carbocycles. The molecule has 20 heavy (non-hydrogen) atoms. The van der Waals surface area contributed by atoms with E-state index in [-0.39, 0.29) is 19.1 Å². The normalized spacial score (nSPS) is 12.6. The van der Waals surface area contributed by atoms with Crippen LogP contribution in [0.2, 0.25) is 0 Å². The summed E-state index contributed by atoms with van der Waals surface area (Å²) in [5.41, 5.74) is 0.632. The van der Waals surface area contributed by atoms with Gasteiger partial charge in [-0.05, 0) is 20.3 Å². The summed E-state index contributed by atoms with van der Waals surface area (Å²) in [5.74, 6) is -0.775. The lowest BCUT2D eigenvalue weighted by Gasteiger charge is -2.05. The summed E-state index contributed by atoms with van der Waals surface area (Å²) in [5, 5.41) is 2.68. The maximum Gasteiger partial charge on any atom is 0.333 e. The number of amides is 1. The SMILES string of the molecule is C=C(C)C(=O)OCCOC(=O)C(=C)C.O=C1CCCN1. The largest absolute Gasteiger partial charge is 0.459 e. The van der Waals surface area contributed by atoms with Crippen molar-refractivity contribution in [3.63, 3.8) is 0 Å². The summed E-state index contributed by atoms with van der Waals surface area (Å²) < 4.78 is 9.38. The molecule has 1 amide bonds. The molecular weight excluding hydrogens is 262 g/mol. The van der Waals surface area contributed by atoms with Crippen molar-refractivity contribution >= 4 is 17.8 Å². The van der Waals surface area contributed by atoms with Gasteiger partial charge in [0, 0.05) is 24.1 Å². The summed E-state index contributed by atoms with van der Waals surface area (Å²) >= 11 is 0. The Kier molecular flexibility index (Phi) is 8.74. The Labute approximate surface area is 118 Å². The fourth-order valence-corrected chi connectivity index (χ4v) is 1.08. The van der Waals surface area contributed by atoms with Crippen molar-refractivity contribution in [2.24, 2.45) is 0 Å². The van der Waals surface area contributed by atoms with Crippen molar-refractivity contribution in [2.45, 2.75) is 26.7 Å². The Bertz CT molecular complexity index is 364. The van der Waals surface area contributed by atoms with E-state index in [0.717, 1.165) is 19.4 Å². The summed E-state index contributed by atoms with van der Waals surface area (Å²) in [6.07, 6.45) is 1.76. The third kappa shape index (κ3) is 8.91. The molecule has 112 valence electrons. The van der Waals surface area contributed by atoms with E-state index in [9.17, 15) is 14.4 Å². The molecule has 1 fully saturated rings. The van der Waals surface area contributed by atoms with Crippen LogP contribution in [-0.2, 0) is 23.9 Å². The van der Waals surface area contributed by atoms with E-state index in [1.807, 2.05) is 0 Å². The van der Waals surface area contributed by atoms with E-state index in [1.54, 1.807) is 13.8 Å². The minimum absolute atomic E-state index is 0.0325. The molecule has 0 aromatic rings. The van der Waals surface area contributed by atoms with Gasteiger partial charge in [0.25, 0.3) is 0 Å². The highest BCUT2D eigenvalue weighted by Crippen LogP contribution is 1.94. The first kappa shape index (κ1) is 17.9. The molecule has 0 aromatic heterocycles. The van der Waals surface area contributed by atoms with Gasteiger partial charge >= 0.3 is 11.9 Å². The molecular formula is C14H21NO5. The number of esters is 2. The third-order valence-corrected chi connectivity index (χ3v) is 2.15. The van der Waals surface area contributed by atoms with E-state index in [0.29, 0.717) is 11.1 Å². The van der Waals surface area contributed by atoms with E-state index >= 15 is 0 Å². The molecule has 6 heteroatoms. The predicted octanol–water partition coefficient (Wildman–Crippen LogP) is 1.12. The maximum absolute atomic E-state index is 10.8. The van der Waals surface area contributed by atoms with Gasteiger partial charge in [-0.25, -0.2) is 9.59 Å². The van der Waals surface area contributed by atoms with Gasteiger partial charge in [0.15, 0.2) is 0 Å². The average Bonchev–Trinajstić information content (AvgIpc) is 2.85. The van der Waals surface area contributed by atoms with Crippen LogP contribution in [0.5, 0.6) is 0 Å². The quantitative estimate of drug-likeness (QED) is 0.464. The molecule has 0 spiro atoms. The van der Waals surface area contributed by atoms with Gasteiger partial charge < -0.3 is 14.8 Å². The number of rotatable bonds is 5. The lowest BCUT2D eigenvalue weighted by atomic mass is 10.4. The summed E-state index contributed by atoms with van der Waals surface area (Å²) in [6.45, 7) is 10.8. The van der Waals surface area contributed by atoms with Crippen LogP contribution in [0.4, 0.5) is 0 Å². The number of carbonyl (C=O) groups is 3. The van der Waals surface area contributed by atoms with Gasteiger partial charge in [-0.3, -0.25) is 4.79 Å². The zero-order chi connectivity index (χ0) is 15.5. The lowest BCUT2D eigenvalue weighted by molar-refractivity contribution is -0.147. The van der Waals surface area contributed by atoms with Crippen LogP contribution in [0.1, 0.15) is 26.7 Å². The van der Waals surface area contributed by atoms with Gasteiger partial charge in [-0.2, -0.15) is 0 Å². The Morgan fingerprint density at radius 1 is 1.10 bits per heavy atom. The summed E-state index contributed by atoms with van der Waals surface area (Å²) in [4.78, 5) is 31.8. The molecule has 1 aliphatic rings. The zero-order valence-corrected chi connectivity index (χ0v) is 12.0. The maximum atomic E-state index is 10.8. The number of carbonyl (C=O) groups excluding carboxylic acids is 3. The van der Waals surface area contributed by atoms with Gasteiger partial charge in [0.05, 0.1) is 0 Å². The van der Waals surface area contributed by atoms with Crippen LogP contribution in [0.3, 0.4) is 0 Å². The summed E-state index contributed by atoms with van der Waals surface area (Å²) in [6, 6.07) is 0. The average molecular weight is 283 g/mol. The first-order valence-corrected chi connectivity index (χ1v) is 6.26. The minimum atomic E-state index is -0.489. The van der Waals surface area contributed by atoms with Crippen molar-refractivity contribution < 1.29 is 23.9 Å². The second kappa shape index (κ2) is 9.77. The zero-order valence-electron chi connectivity index (χ0n) is 12.0. The minimum Gasteiger partial charge on any atom is -0.459 e. The second-order valence-corrected chi connectivity index (χ2v) is 4.29. The molecule has 1 aliphatic heterocycles. The molecule has 0 unspecified atom stereocenters. The molecule has 1 saturated heterocycles. The van der Waals surface area contributed by atoms with Crippen LogP contribution in [0.15, 0.2) is 24.3 Å². The number of hydrogen-bond acceptors (Lipinski definition) is 5. The summed E-state index contributed by atoms with van der Waals surface area (Å²) in [7, 11) is 0. The van der Waals surface area contributed by atoms with Gasteiger partial charge in [-0.15, -0.1) is 0 Å². The molecule has 1 heterocycles. The fourth-order valence-electron chi connectivity index (χ4n) is 1.08. The smallest absolute Gasteiger partial charge is 0.333 e. The highest BCUT2D eigenvalue weighted by atomic mass is 16.6. The number of hydrogen-bond donors (Lipinski definition) is 1. The molecule has 6 nitrogen and oxygen atoms in total. The van der Waals surface area contributed by atoms with Crippen LogP contribution in [-0.4, -0.2) is 37.6 Å². The Balaban J connectivity index is 0.000000493. The molecule has 0 radical (unpaired) electrons. The van der Waals surface area contributed by atoms with Crippen molar-refractivity contribution in [3.05, 3.63) is 24.3 Å². The monoisotopic (exact) mass is 283 g/mol. The van der Waals surface area contributed by atoms with Crippen molar-refractivity contribution in [3.8, 4) is 0 Å². The highest BCUT2D eigenvalue weighted by molar-refractivity contribution is 5.87. The molecule has 0 aliphatic carbocycles. The molecule has 1 N–H and O–H groups in total. The Hall–Kier alpha value is -2.11. The molecule has 0 bridgehead atoms. The molecule has 1 rings (SSSR count). The van der Waals surface area contributed by atoms with Crippen LogP contribution in [0.25, 0.3) is 0 Å². The van der Waals surface area contributed by atoms with Gasteiger partial charge in [0.1, 0.15) is 13.2 Å². The van der Waals surface area contributed by atoms with Crippen LogP contribution in [0, 0.1) is 0 Å². The lowest BCUT2D eigenvalue weighted by Crippen LogP contribution is -2.14. The highest BCUT2D eigenvalue weighted by Gasteiger charge is 2.06. The number of ether oxygens (including phenoxy) is 2. The van der Waals surface area contributed by atoms with E-state index in [2.05, 4.69) is 27.9 Å². The Morgan fingerprint density at radius 2 is 1.55 bits per heavy atom. The topological polar surface area (TPSA) is 81.7 Å². The van der Waals surface area contributed by atoms with E-state index in [4.69, 9.17) is 0 Å². The van der Waals surface area contributed by atoms with Crippen LogP contribution >= 0.6 is 0 Å². The van der Waals surface area contributed by atoms with Crippen molar-refractivity contribution in [1.82, 2.24) is 5.32 Å². The second-order valence-electron chi connectivity index (χ2n) is 4.29. The van der Waals surface area contributed by atoms with Gasteiger partial charge in [-0.1, -0.05) is 13.2 Å². The predicted molar refractivity (Wildman–Crippen MR) is 73.8 cm³/mol. The van der Waals surface area contributed by atoms with Crippen molar-refractivity contribution in [2.75, 3.05) is 19.8 Å². The molecule has 0 atom stereocenters. The Morgan fingerprint density at radius 3 is 1.75 bits per heavy atom. The van der Waals surface area contributed by atoms with Gasteiger partial charge in [0.2, 0.25) is 5.91 Å². The van der Waals surface area contributed by atoms with Crippen LogP contribution < -0.4 is 5.32 Å². The van der Waals surface area contributed by atoms with Crippen molar-refractivity contribution in [1.29, 1.82) is 0 Å². The van der Waals surface area contributed by atoms with E-state index in [1.165, 1.54) is 0 Å². The first-order valence-electron chi connectivity index (χ1n) is 6.26.